The lowest BCUT2D eigenvalue weighted by Crippen LogP contribution is -2.49. The van der Waals surface area contributed by atoms with Crippen LogP contribution in [-0.2, 0) is 35.1 Å². The van der Waals surface area contributed by atoms with E-state index in [9.17, 15) is 29.1 Å². The molecule has 1 aromatic heterocycles. The topological polar surface area (TPSA) is 186 Å². The minimum atomic E-state index is -1.06. The number of aromatic nitrogens is 2. The first-order chi connectivity index (χ1) is 24.7. The summed E-state index contributed by atoms with van der Waals surface area (Å²) in [7, 11) is 1.48. The Balaban J connectivity index is 2.05. The fourth-order valence-corrected chi connectivity index (χ4v) is 5.63. The molecule has 0 fully saturated rings. The fourth-order valence-electron chi connectivity index (χ4n) is 4.61. The van der Waals surface area contributed by atoms with Crippen molar-refractivity contribution in [2.75, 3.05) is 26.0 Å². The average molecular weight is 760 g/mol. The van der Waals surface area contributed by atoms with E-state index in [2.05, 4.69) is 25.9 Å². The van der Waals surface area contributed by atoms with Crippen molar-refractivity contribution in [3.63, 3.8) is 0 Å². The second-order valence-electron chi connectivity index (χ2n) is 12.6. The Kier molecular flexibility index (Phi) is 19.7. The Morgan fingerprint density at radius 1 is 1.08 bits per heavy atom. The molecule has 0 saturated heterocycles. The highest BCUT2D eigenvalue weighted by molar-refractivity contribution is 8.13. The molecule has 0 radical (unpaired) electrons. The van der Waals surface area contributed by atoms with E-state index in [0.29, 0.717) is 40.7 Å². The first-order valence-corrected chi connectivity index (χ1v) is 18.4. The zero-order chi connectivity index (χ0) is 38.6. The summed E-state index contributed by atoms with van der Waals surface area (Å²) in [5.41, 5.74) is 1.30. The van der Waals surface area contributed by atoms with Crippen molar-refractivity contribution in [1.29, 1.82) is 0 Å². The molecule has 13 nitrogen and oxygen atoms in total. The maximum atomic E-state index is 13.4. The zero-order valence-corrected chi connectivity index (χ0v) is 32.0. The summed E-state index contributed by atoms with van der Waals surface area (Å²) in [5.74, 6) is -2.19. The van der Waals surface area contributed by atoms with Crippen LogP contribution in [0.25, 0.3) is 6.08 Å². The Bertz CT molecular complexity index is 1540. The van der Waals surface area contributed by atoms with E-state index in [1.165, 1.54) is 26.2 Å². The molecule has 0 spiro atoms. The van der Waals surface area contributed by atoms with Crippen LogP contribution in [-0.4, -0.2) is 88.1 Å². The van der Waals surface area contributed by atoms with Gasteiger partial charge in [-0.1, -0.05) is 69.3 Å². The van der Waals surface area contributed by atoms with E-state index >= 15 is 0 Å². The monoisotopic (exact) mass is 759 g/mol. The second kappa shape index (κ2) is 23.3. The number of aliphatic hydroxyl groups is 1. The molecule has 0 saturated carbocycles. The number of ether oxygens (including phenoxy) is 2. The number of rotatable bonds is 21. The maximum Gasteiger partial charge on any atom is 0.311 e. The first kappa shape index (κ1) is 43.9. The summed E-state index contributed by atoms with van der Waals surface area (Å²) in [6.07, 6.45) is 9.88. The Labute approximate surface area is 314 Å². The number of thioether (sulfide) groups is 1. The summed E-state index contributed by atoms with van der Waals surface area (Å²) in [6.45, 7) is 8.78. The molecule has 15 heteroatoms. The molecule has 0 bridgehead atoms. The van der Waals surface area contributed by atoms with E-state index < -0.39 is 42.0 Å². The van der Waals surface area contributed by atoms with Crippen molar-refractivity contribution in [2.24, 2.45) is 17.8 Å². The number of hydrogen-bond acceptors (Lipinski definition) is 11. The lowest BCUT2D eigenvalue weighted by molar-refractivity contribution is -0.157. The van der Waals surface area contributed by atoms with Crippen LogP contribution in [0.2, 0.25) is 5.02 Å². The molecule has 52 heavy (non-hydrogen) atoms. The van der Waals surface area contributed by atoms with E-state index in [-0.39, 0.29) is 42.2 Å². The van der Waals surface area contributed by atoms with Gasteiger partial charge in [0, 0.05) is 50.5 Å². The Morgan fingerprint density at radius 3 is 2.46 bits per heavy atom. The molecule has 0 aliphatic rings. The van der Waals surface area contributed by atoms with E-state index in [1.54, 1.807) is 55.9 Å². The highest BCUT2D eigenvalue weighted by atomic mass is 35.5. The molecule has 1 heterocycles. The van der Waals surface area contributed by atoms with Crippen LogP contribution in [0.5, 0.6) is 5.75 Å². The molecule has 2 rings (SSSR count). The largest absolute Gasteiger partial charge is 0.495 e. The predicted octanol–water partition coefficient (Wildman–Crippen LogP) is 3.93. The Morgan fingerprint density at radius 2 is 1.83 bits per heavy atom. The number of carbonyl (C=O) groups excluding carboxylic acids is 5. The normalized spacial score (nSPS) is 14.3. The van der Waals surface area contributed by atoms with Gasteiger partial charge in [-0.2, -0.15) is 0 Å². The van der Waals surface area contributed by atoms with Crippen molar-refractivity contribution < 1.29 is 38.6 Å². The molecule has 3 amide bonds. The second-order valence-corrected chi connectivity index (χ2v) is 14.1. The van der Waals surface area contributed by atoms with E-state index in [1.807, 2.05) is 20.8 Å². The molecule has 4 N–H and O–H groups in total. The van der Waals surface area contributed by atoms with Crippen LogP contribution >= 0.6 is 23.4 Å². The molecule has 5 atom stereocenters. The number of nitrogens with zero attached hydrogens (tertiary/aromatic N) is 2. The van der Waals surface area contributed by atoms with Gasteiger partial charge >= 0.3 is 5.97 Å². The summed E-state index contributed by atoms with van der Waals surface area (Å²) in [6, 6.07) is 3.95. The summed E-state index contributed by atoms with van der Waals surface area (Å²) >= 11 is 7.29. The van der Waals surface area contributed by atoms with Gasteiger partial charge in [0.15, 0.2) is 6.10 Å². The Hall–Kier alpha value is -4.27. The van der Waals surface area contributed by atoms with E-state index in [0.717, 1.165) is 11.8 Å². The number of methoxy groups -OCH3 is 1. The number of amides is 3. The number of nitrogens with one attached hydrogen (secondary N) is 3. The third-order valence-electron chi connectivity index (χ3n) is 7.61. The molecule has 284 valence electrons. The van der Waals surface area contributed by atoms with Gasteiger partial charge in [0.25, 0.3) is 0 Å². The highest BCUT2D eigenvalue weighted by Crippen LogP contribution is 2.25. The number of carbonyl (C=O) groups is 5. The van der Waals surface area contributed by atoms with Crippen molar-refractivity contribution in [3.05, 3.63) is 71.3 Å². The van der Waals surface area contributed by atoms with Gasteiger partial charge in [0.2, 0.25) is 22.8 Å². The quantitative estimate of drug-likeness (QED) is 0.0821. The minimum Gasteiger partial charge on any atom is -0.495 e. The summed E-state index contributed by atoms with van der Waals surface area (Å²) in [4.78, 5) is 71.5. The van der Waals surface area contributed by atoms with Crippen LogP contribution in [0.1, 0.15) is 58.7 Å². The van der Waals surface area contributed by atoms with E-state index in [4.69, 9.17) is 21.1 Å². The van der Waals surface area contributed by atoms with Gasteiger partial charge in [-0.05, 0) is 48.6 Å². The fraction of sp³-hybridized carbons (Fsp3) is 0.486. The third kappa shape index (κ3) is 16.8. The van der Waals surface area contributed by atoms with Gasteiger partial charge in [-0.15, -0.1) is 0 Å². The third-order valence-corrected chi connectivity index (χ3v) is 8.86. The van der Waals surface area contributed by atoms with Crippen LogP contribution in [0, 0.1) is 17.8 Å². The van der Waals surface area contributed by atoms with Crippen molar-refractivity contribution in [2.45, 2.75) is 72.1 Å². The van der Waals surface area contributed by atoms with Crippen LogP contribution in [0.3, 0.4) is 0 Å². The van der Waals surface area contributed by atoms with Gasteiger partial charge in [-0.25, -0.2) is 0 Å². The predicted molar refractivity (Wildman–Crippen MR) is 201 cm³/mol. The maximum absolute atomic E-state index is 13.4. The molecular weight excluding hydrogens is 710 g/mol. The summed E-state index contributed by atoms with van der Waals surface area (Å²) < 4.78 is 10.8. The summed E-state index contributed by atoms with van der Waals surface area (Å²) in [5, 5.41) is 18.6. The van der Waals surface area contributed by atoms with Crippen LogP contribution < -0.4 is 20.7 Å². The van der Waals surface area contributed by atoms with Crippen molar-refractivity contribution in [1.82, 2.24) is 25.9 Å². The number of aliphatic hydroxyl groups excluding tert-OH is 1. The van der Waals surface area contributed by atoms with Gasteiger partial charge in [0.05, 0.1) is 36.0 Å². The number of halogens is 1. The zero-order valence-electron chi connectivity index (χ0n) is 30.5. The molecule has 1 aromatic carbocycles. The molecule has 0 unspecified atom stereocenters. The van der Waals surface area contributed by atoms with Gasteiger partial charge < -0.3 is 30.5 Å². The molecule has 2 aromatic rings. The van der Waals surface area contributed by atoms with Crippen LogP contribution in [0.4, 0.5) is 0 Å². The lowest BCUT2D eigenvalue weighted by Gasteiger charge is -2.22. The number of benzene rings is 1. The molecular formula is C37H50ClN5O8S. The SMILES string of the molecule is COc1ccc(C[C@@H](NC(=O)/C=C/C[C@H](O)[C@H](C)/C=C/c2cnccn2)C(=O)NC[C@@H](C)C(=O)O[C@@H](CC(C)C)C(=O)SCCNC(C)=O)cc1Cl. The standard InChI is InChI=1S/C37H50ClN5O8S/c1-23(2)18-33(37(49)52-17-16-40-26(5)44)51-36(48)25(4)21-42-35(47)30(20-27-11-13-32(50-6)29(38)19-27)43-34(46)9-7-8-31(45)24(3)10-12-28-22-39-14-15-41-28/h7,9-15,19,22-25,30-31,33,45H,8,16-18,20-21H2,1-6H3,(H,40,44)(H,42,47)(H,43,46)/b9-7+,12-10+/t24-,25-,30-,31+,33+/m1/s1. The van der Waals surface area contributed by atoms with Crippen molar-refractivity contribution >= 4 is 58.2 Å². The minimum absolute atomic E-state index is 0.0658. The smallest absolute Gasteiger partial charge is 0.311 e. The molecule has 0 aliphatic heterocycles. The molecule has 0 aliphatic carbocycles. The highest BCUT2D eigenvalue weighted by Gasteiger charge is 2.28. The van der Waals surface area contributed by atoms with Crippen LogP contribution in [0.15, 0.2) is 55.0 Å². The lowest BCUT2D eigenvalue weighted by atomic mass is 10.0. The average Bonchev–Trinajstić information content (AvgIpc) is 3.10. The van der Waals surface area contributed by atoms with Gasteiger partial charge in [-0.3, -0.25) is 33.9 Å². The number of hydrogen-bond donors (Lipinski definition) is 4. The number of esters is 1. The first-order valence-electron chi connectivity index (χ1n) is 17.0. The van der Waals surface area contributed by atoms with Crippen molar-refractivity contribution in [3.8, 4) is 5.75 Å². The van der Waals surface area contributed by atoms with Gasteiger partial charge in [0.1, 0.15) is 11.8 Å².